The van der Waals surface area contributed by atoms with Gasteiger partial charge in [-0.15, -0.1) is 0 Å². The van der Waals surface area contributed by atoms with Gasteiger partial charge in [-0.05, 0) is 31.9 Å². The molecule has 1 aromatic rings. The summed E-state index contributed by atoms with van der Waals surface area (Å²) >= 11 is 0. The molecule has 6 nitrogen and oxygen atoms in total. The molecule has 0 saturated carbocycles. The molecule has 0 radical (unpaired) electrons. The quantitative estimate of drug-likeness (QED) is 0.890. The third kappa shape index (κ3) is 4.24. The van der Waals surface area contributed by atoms with E-state index in [2.05, 4.69) is 5.32 Å². The minimum atomic E-state index is -0.600. The van der Waals surface area contributed by atoms with Crippen molar-refractivity contribution in [2.24, 2.45) is 5.73 Å². The molecule has 1 fully saturated rings. The van der Waals surface area contributed by atoms with Crippen LogP contribution in [0.25, 0.3) is 0 Å². The van der Waals surface area contributed by atoms with Crippen LogP contribution in [-0.4, -0.2) is 29.9 Å². The minimum absolute atomic E-state index is 0.00211. The summed E-state index contributed by atoms with van der Waals surface area (Å²) in [5.74, 6) is 1.74. The topological polar surface area (TPSA) is 88.6 Å². The fraction of sp³-hybridized carbons (Fsp3) is 0.600. The maximum absolute atomic E-state index is 12.4. The number of rotatable bonds is 4. The molecular weight excluding hydrogens is 270 g/mol. The van der Waals surface area contributed by atoms with Crippen molar-refractivity contribution in [1.82, 2.24) is 10.2 Å². The normalized spacial score (nSPS) is 19.1. The molecule has 0 unspecified atom stereocenters. The van der Waals surface area contributed by atoms with Gasteiger partial charge in [-0.3, -0.25) is 4.79 Å². The molecule has 0 aliphatic carbocycles. The molecule has 0 spiro atoms. The van der Waals surface area contributed by atoms with E-state index in [-0.39, 0.29) is 24.9 Å². The molecule has 2 rings (SSSR count). The van der Waals surface area contributed by atoms with E-state index in [0.717, 1.165) is 43.7 Å². The molecule has 1 aliphatic rings. The lowest BCUT2D eigenvalue weighted by molar-refractivity contribution is -0.133. The lowest BCUT2D eigenvalue weighted by Crippen LogP contribution is -2.38. The van der Waals surface area contributed by atoms with E-state index in [9.17, 15) is 9.59 Å². The van der Waals surface area contributed by atoms with Crippen molar-refractivity contribution in [3.63, 3.8) is 0 Å². The number of carbonyl (C=O) groups excluding carboxylic acids is 2. The van der Waals surface area contributed by atoms with Crippen LogP contribution in [0.3, 0.4) is 0 Å². The lowest BCUT2D eigenvalue weighted by atomic mass is 10.1. The summed E-state index contributed by atoms with van der Waals surface area (Å²) in [5, 5.41) is 2.46. The van der Waals surface area contributed by atoms with Crippen LogP contribution in [0.5, 0.6) is 0 Å². The molecule has 21 heavy (non-hydrogen) atoms. The second kappa shape index (κ2) is 7.15. The van der Waals surface area contributed by atoms with Gasteiger partial charge in [0.25, 0.3) is 0 Å². The maximum atomic E-state index is 12.4. The third-order valence-electron chi connectivity index (χ3n) is 3.80. The van der Waals surface area contributed by atoms with E-state index in [4.69, 9.17) is 10.2 Å². The zero-order valence-corrected chi connectivity index (χ0v) is 12.4. The molecule has 0 bridgehead atoms. The Morgan fingerprint density at radius 2 is 2.19 bits per heavy atom. The molecule has 3 amide bonds. The fourth-order valence-electron chi connectivity index (χ4n) is 2.77. The van der Waals surface area contributed by atoms with E-state index < -0.39 is 6.03 Å². The summed E-state index contributed by atoms with van der Waals surface area (Å²) in [5.41, 5.74) is 5.01. The molecule has 6 heteroatoms. The van der Waals surface area contributed by atoms with Crippen LogP contribution in [0.2, 0.25) is 0 Å². The lowest BCUT2D eigenvalue weighted by Gasteiger charge is -2.28. The van der Waals surface area contributed by atoms with Crippen LogP contribution in [0, 0.1) is 6.92 Å². The average Bonchev–Trinajstić information content (AvgIpc) is 2.72. The van der Waals surface area contributed by atoms with E-state index in [1.807, 2.05) is 24.0 Å². The molecule has 2 heterocycles. The highest BCUT2D eigenvalue weighted by atomic mass is 16.3. The Balaban J connectivity index is 2.04. The summed E-state index contributed by atoms with van der Waals surface area (Å²) in [7, 11) is 0. The standard InChI is InChI=1S/C15H23N3O3/c1-11-6-7-13(21-11)12-5-3-2-4-10-18(12)14(19)8-9-17-15(16)20/h6-7,12H,2-5,8-10H2,1H3,(H3,16,17,20)/t12-/m0/s1. The van der Waals surface area contributed by atoms with Gasteiger partial charge >= 0.3 is 6.03 Å². The van der Waals surface area contributed by atoms with Crippen molar-refractivity contribution in [2.75, 3.05) is 13.1 Å². The van der Waals surface area contributed by atoms with E-state index >= 15 is 0 Å². The highest BCUT2D eigenvalue weighted by Crippen LogP contribution is 2.31. The van der Waals surface area contributed by atoms with E-state index in [0.29, 0.717) is 0 Å². The van der Waals surface area contributed by atoms with Gasteiger partial charge in [-0.1, -0.05) is 12.8 Å². The number of urea groups is 1. The number of furan rings is 1. The Labute approximate surface area is 124 Å². The summed E-state index contributed by atoms with van der Waals surface area (Å²) in [4.78, 5) is 25.0. The number of primary amides is 1. The second-order valence-electron chi connectivity index (χ2n) is 5.44. The molecular formula is C15H23N3O3. The first-order valence-electron chi connectivity index (χ1n) is 7.47. The summed E-state index contributed by atoms with van der Waals surface area (Å²) in [6, 6.07) is 3.28. The predicted octanol–water partition coefficient (Wildman–Crippen LogP) is 2.09. The van der Waals surface area contributed by atoms with Crippen molar-refractivity contribution in [2.45, 2.75) is 45.1 Å². The maximum Gasteiger partial charge on any atom is 0.312 e. The molecule has 3 N–H and O–H groups in total. The molecule has 0 aromatic carbocycles. The van der Waals surface area contributed by atoms with Gasteiger partial charge in [0.1, 0.15) is 11.5 Å². The average molecular weight is 293 g/mol. The van der Waals surface area contributed by atoms with Gasteiger partial charge in [-0.25, -0.2) is 4.79 Å². The van der Waals surface area contributed by atoms with Crippen LogP contribution >= 0.6 is 0 Å². The van der Waals surface area contributed by atoms with Crippen LogP contribution in [-0.2, 0) is 4.79 Å². The smallest absolute Gasteiger partial charge is 0.312 e. The van der Waals surface area contributed by atoms with Crippen LogP contribution < -0.4 is 11.1 Å². The summed E-state index contributed by atoms with van der Waals surface area (Å²) in [6.07, 6.45) is 4.40. The van der Waals surface area contributed by atoms with Crippen LogP contribution in [0.1, 0.15) is 49.7 Å². The first-order chi connectivity index (χ1) is 10.1. The van der Waals surface area contributed by atoms with Gasteiger partial charge in [0, 0.05) is 19.5 Å². The van der Waals surface area contributed by atoms with Gasteiger partial charge < -0.3 is 20.4 Å². The zero-order valence-electron chi connectivity index (χ0n) is 12.4. The highest BCUT2D eigenvalue weighted by molar-refractivity contribution is 5.78. The molecule has 1 aliphatic heterocycles. The minimum Gasteiger partial charge on any atom is -0.464 e. The molecule has 1 atom stereocenters. The Morgan fingerprint density at radius 1 is 1.38 bits per heavy atom. The van der Waals surface area contributed by atoms with E-state index in [1.54, 1.807) is 0 Å². The van der Waals surface area contributed by atoms with Gasteiger partial charge in [0.2, 0.25) is 5.91 Å². The van der Waals surface area contributed by atoms with Crippen molar-refractivity contribution in [3.8, 4) is 0 Å². The first kappa shape index (κ1) is 15.4. The Hall–Kier alpha value is -1.98. The number of hydrogen-bond donors (Lipinski definition) is 2. The third-order valence-corrected chi connectivity index (χ3v) is 3.80. The predicted molar refractivity (Wildman–Crippen MR) is 78.6 cm³/mol. The Kier molecular flexibility index (Phi) is 5.25. The first-order valence-corrected chi connectivity index (χ1v) is 7.47. The zero-order chi connectivity index (χ0) is 15.2. The summed E-state index contributed by atoms with van der Waals surface area (Å²) < 4.78 is 5.72. The summed E-state index contributed by atoms with van der Waals surface area (Å²) in [6.45, 7) is 2.91. The van der Waals surface area contributed by atoms with E-state index in [1.165, 1.54) is 0 Å². The fourth-order valence-corrected chi connectivity index (χ4v) is 2.77. The number of carbonyl (C=O) groups is 2. The van der Waals surface area contributed by atoms with Gasteiger partial charge in [0.05, 0.1) is 6.04 Å². The SMILES string of the molecule is Cc1ccc([C@@H]2CCCCCN2C(=O)CCNC(N)=O)o1. The molecule has 1 aromatic heterocycles. The Morgan fingerprint density at radius 3 is 2.86 bits per heavy atom. The number of amides is 3. The number of aryl methyl sites for hydroxylation is 1. The van der Waals surface area contributed by atoms with Crippen LogP contribution in [0.4, 0.5) is 4.79 Å². The van der Waals surface area contributed by atoms with Crippen molar-refractivity contribution in [3.05, 3.63) is 23.7 Å². The molecule has 116 valence electrons. The van der Waals surface area contributed by atoms with Gasteiger partial charge in [-0.2, -0.15) is 0 Å². The second-order valence-corrected chi connectivity index (χ2v) is 5.44. The monoisotopic (exact) mass is 293 g/mol. The van der Waals surface area contributed by atoms with Crippen molar-refractivity contribution in [1.29, 1.82) is 0 Å². The highest BCUT2D eigenvalue weighted by Gasteiger charge is 2.28. The molecule has 1 saturated heterocycles. The number of nitrogens with two attached hydrogens (primary N) is 1. The van der Waals surface area contributed by atoms with Crippen molar-refractivity contribution >= 4 is 11.9 Å². The Bertz CT molecular complexity index is 498. The number of nitrogens with zero attached hydrogens (tertiary/aromatic N) is 1. The number of nitrogens with one attached hydrogen (secondary N) is 1. The largest absolute Gasteiger partial charge is 0.464 e. The van der Waals surface area contributed by atoms with Gasteiger partial charge in [0.15, 0.2) is 0 Å². The number of hydrogen-bond acceptors (Lipinski definition) is 3. The van der Waals surface area contributed by atoms with Crippen molar-refractivity contribution < 1.29 is 14.0 Å². The number of likely N-dealkylation sites (tertiary alicyclic amines) is 1. The van der Waals surface area contributed by atoms with Crippen LogP contribution in [0.15, 0.2) is 16.5 Å².